The Morgan fingerprint density at radius 2 is 1.84 bits per heavy atom. The molecular formula is C13H9Cl2N3S. The number of nitrogens with zero attached hydrogens (tertiary/aromatic N) is 1. The first kappa shape index (κ1) is 12.5. The molecule has 3 aromatic rings. The van der Waals surface area contributed by atoms with E-state index < -0.39 is 0 Å². The Hall–Kier alpha value is -1.49. The molecule has 96 valence electrons. The molecule has 0 saturated heterocycles. The number of thiazole rings is 1. The Bertz CT molecular complexity index is 734. The zero-order chi connectivity index (χ0) is 13.4. The first-order valence-corrected chi connectivity index (χ1v) is 7.12. The molecule has 0 atom stereocenters. The molecule has 0 aliphatic rings. The van der Waals surface area contributed by atoms with Crippen LogP contribution in [0.1, 0.15) is 0 Å². The molecule has 1 heterocycles. The third-order valence-electron chi connectivity index (χ3n) is 2.68. The molecule has 0 radical (unpaired) electrons. The number of fused-ring (bicyclic) bond motifs is 1. The lowest BCUT2D eigenvalue weighted by Gasteiger charge is -2.10. The van der Waals surface area contributed by atoms with Crippen molar-refractivity contribution in [3.8, 4) is 0 Å². The fraction of sp³-hybridized carbons (Fsp3) is 0. The van der Waals surface area contributed by atoms with Crippen LogP contribution in [-0.4, -0.2) is 4.98 Å². The monoisotopic (exact) mass is 309 g/mol. The number of nitrogen functional groups attached to an aromatic ring is 1. The molecular weight excluding hydrogens is 301 g/mol. The topological polar surface area (TPSA) is 50.9 Å². The van der Waals surface area contributed by atoms with Gasteiger partial charge in [-0.05, 0) is 30.3 Å². The number of nitrogens with one attached hydrogen (secondary N) is 1. The molecule has 0 unspecified atom stereocenters. The van der Waals surface area contributed by atoms with Crippen molar-refractivity contribution < 1.29 is 0 Å². The second-order valence-electron chi connectivity index (χ2n) is 4.01. The van der Waals surface area contributed by atoms with Crippen molar-refractivity contribution in [3.05, 3.63) is 45.9 Å². The number of hydrogen-bond acceptors (Lipinski definition) is 4. The summed E-state index contributed by atoms with van der Waals surface area (Å²) in [6, 6.07) is 9.17. The van der Waals surface area contributed by atoms with Gasteiger partial charge in [0.05, 0.1) is 21.6 Å². The van der Waals surface area contributed by atoms with Gasteiger partial charge in [-0.1, -0.05) is 23.2 Å². The number of rotatable bonds is 2. The second-order valence-corrected chi connectivity index (χ2v) is 5.77. The third kappa shape index (κ3) is 2.47. The molecule has 0 aliphatic heterocycles. The summed E-state index contributed by atoms with van der Waals surface area (Å²) < 4.78 is 1.06. The highest BCUT2D eigenvalue weighted by atomic mass is 35.5. The van der Waals surface area contributed by atoms with E-state index in [0.717, 1.165) is 21.6 Å². The minimum Gasteiger partial charge on any atom is -0.395 e. The summed E-state index contributed by atoms with van der Waals surface area (Å²) in [4.78, 5) is 4.26. The summed E-state index contributed by atoms with van der Waals surface area (Å²) >= 11 is 13.5. The van der Waals surface area contributed by atoms with Crippen LogP contribution < -0.4 is 11.1 Å². The predicted octanol–water partition coefficient (Wildman–Crippen LogP) is 4.93. The highest BCUT2D eigenvalue weighted by molar-refractivity contribution is 7.16. The number of anilines is 3. The van der Waals surface area contributed by atoms with Crippen molar-refractivity contribution in [3.63, 3.8) is 0 Å². The first-order valence-electron chi connectivity index (χ1n) is 5.48. The van der Waals surface area contributed by atoms with Crippen LogP contribution in [0.15, 0.2) is 35.8 Å². The molecule has 3 N–H and O–H groups in total. The molecule has 0 bridgehead atoms. The van der Waals surface area contributed by atoms with Gasteiger partial charge < -0.3 is 11.1 Å². The average Bonchev–Trinajstić information content (AvgIpc) is 2.80. The maximum Gasteiger partial charge on any atom is 0.106 e. The molecule has 3 nitrogen and oxygen atoms in total. The van der Waals surface area contributed by atoms with E-state index in [4.69, 9.17) is 28.9 Å². The third-order valence-corrected chi connectivity index (χ3v) is 3.91. The quantitative estimate of drug-likeness (QED) is 0.660. The fourth-order valence-corrected chi connectivity index (χ4v) is 3.06. The summed E-state index contributed by atoms with van der Waals surface area (Å²) in [5.74, 6) is 0. The van der Waals surface area contributed by atoms with Crippen LogP contribution in [-0.2, 0) is 0 Å². The summed E-state index contributed by atoms with van der Waals surface area (Å²) in [5.41, 5.74) is 10.9. The van der Waals surface area contributed by atoms with Gasteiger partial charge in [-0.2, -0.15) is 0 Å². The Labute approximate surface area is 124 Å². The molecule has 0 fully saturated rings. The molecule has 0 saturated carbocycles. The molecule has 2 aromatic carbocycles. The number of nitrogens with two attached hydrogens (primary N) is 1. The van der Waals surface area contributed by atoms with Crippen LogP contribution in [0.4, 0.5) is 17.1 Å². The predicted molar refractivity (Wildman–Crippen MR) is 83.8 cm³/mol. The smallest absolute Gasteiger partial charge is 0.106 e. The van der Waals surface area contributed by atoms with Gasteiger partial charge in [0.25, 0.3) is 0 Å². The molecule has 6 heteroatoms. The van der Waals surface area contributed by atoms with Crippen molar-refractivity contribution in [1.29, 1.82) is 0 Å². The molecule has 0 aliphatic carbocycles. The number of halogens is 2. The van der Waals surface area contributed by atoms with Crippen LogP contribution >= 0.6 is 34.5 Å². The Morgan fingerprint density at radius 3 is 2.58 bits per heavy atom. The number of aromatic nitrogens is 1. The zero-order valence-corrected chi connectivity index (χ0v) is 12.0. The van der Waals surface area contributed by atoms with Gasteiger partial charge >= 0.3 is 0 Å². The maximum atomic E-state index is 6.10. The highest BCUT2D eigenvalue weighted by Crippen LogP contribution is 2.33. The minimum atomic E-state index is 0.573. The minimum absolute atomic E-state index is 0.573. The summed E-state index contributed by atoms with van der Waals surface area (Å²) in [5, 5.41) is 4.35. The van der Waals surface area contributed by atoms with E-state index in [1.54, 1.807) is 35.0 Å². The van der Waals surface area contributed by atoms with Gasteiger partial charge in [-0.3, -0.25) is 0 Å². The van der Waals surface area contributed by atoms with Crippen molar-refractivity contribution >= 4 is 61.8 Å². The Morgan fingerprint density at radius 1 is 1.11 bits per heavy atom. The van der Waals surface area contributed by atoms with E-state index in [-0.39, 0.29) is 0 Å². The second kappa shape index (κ2) is 4.89. The van der Waals surface area contributed by atoms with E-state index in [2.05, 4.69) is 10.3 Å². The van der Waals surface area contributed by atoms with Gasteiger partial charge in [-0.15, -0.1) is 11.3 Å². The zero-order valence-electron chi connectivity index (χ0n) is 9.65. The van der Waals surface area contributed by atoms with Crippen LogP contribution in [0.2, 0.25) is 10.0 Å². The van der Waals surface area contributed by atoms with Crippen molar-refractivity contribution in [2.24, 2.45) is 0 Å². The van der Waals surface area contributed by atoms with Crippen LogP contribution in [0.5, 0.6) is 0 Å². The lowest BCUT2D eigenvalue weighted by Crippen LogP contribution is -1.97. The average molecular weight is 310 g/mol. The lowest BCUT2D eigenvalue weighted by atomic mass is 10.2. The van der Waals surface area contributed by atoms with Gasteiger partial charge in [0.2, 0.25) is 0 Å². The van der Waals surface area contributed by atoms with E-state index in [0.29, 0.717) is 15.7 Å². The van der Waals surface area contributed by atoms with Gasteiger partial charge in [-0.25, -0.2) is 4.98 Å². The number of benzene rings is 2. The number of hydrogen-bond donors (Lipinski definition) is 2. The van der Waals surface area contributed by atoms with Crippen LogP contribution in [0.25, 0.3) is 10.2 Å². The van der Waals surface area contributed by atoms with E-state index in [1.807, 2.05) is 12.1 Å². The summed E-state index contributed by atoms with van der Waals surface area (Å²) in [7, 11) is 0. The SMILES string of the molecule is Nc1c(Nc2cc(Cl)cc(Cl)c2)ccc2scnc12. The van der Waals surface area contributed by atoms with Gasteiger partial charge in [0.15, 0.2) is 0 Å². The van der Waals surface area contributed by atoms with Gasteiger partial charge in [0.1, 0.15) is 5.52 Å². The molecule has 0 spiro atoms. The first-order chi connectivity index (χ1) is 9.13. The normalized spacial score (nSPS) is 10.8. The van der Waals surface area contributed by atoms with Crippen molar-refractivity contribution in [2.45, 2.75) is 0 Å². The summed E-state index contributed by atoms with van der Waals surface area (Å²) in [6.07, 6.45) is 0. The van der Waals surface area contributed by atoms with Gasteiger partial charge in [0, 0.05) is 15.7 Å². The molecule has 3 rings (SSSR count). The Kier molecular flexibility index (Phi) is 3.22. The van der Waals surface area contributed by atoms with Crippen molar-refractivity contribution in [2.75, 3.05) is 11.1 Å². The largest absolute Gasteiger partial charge is 0.395 e. The molecule has 1 aromatic heterocycles. The standard InChI is InChI=1S/C13H9Cl2N3S/c14-7-3-8(15)5-9(4-7)18-10-1-2-11-13(12(10)16)17-6-19-11/h1-6,18H,16H2. The van der Waals surface area contributed by atoms with Crippen LogP contribution in [0.3, 0.4) is 0 Å². The highest BCUT2D eigenvalue weighted by Gasteiger charge is 2.07. The maximum absolute atomic E-state index is 6.10. The van der Waals surface area contributed by atoms with E-state index >= 15 is 0 Å². The fourth-order valence-electron chi connectivity index (χ4n) is 1.84. The molecule has 19 heavy (non-hydrogen) atoms. The Balaban J connectivity index is 2.02. The summed E-state index contributed by atoms with van der Waals surface area (Å²) in [6.45, 7) is 0. The van der Waals surface area contributed by atoms with Crippen LogP contribution in [0, 0.1) is 0 Å². The lowest BCUT2D eigenvalue weighted by molar-refractivity contribution is 1.49. The molecule has 0 amide bonds. The van der Waals surface area contributed by atoms with E-state index in [1.165, 1.54) is 0 Å². The van der Waals surface area contributed by atoms with E-state index in [9.17, 15) is 0 Å². The van der Waals surface area contributed by atoms with Crippen molar-refractivity contribution in [1.82, 2.24) is 4.98 Å².